The van der Waals surface area contributed by atoms with E-state index in [1.807, 2.05) is 0 Å². The molecule has 1 aliphatic heterocycles. The standard InChI is InChI=1S/C30H31BO2/c1-29(2,3)27-28(30(4,5)6)33-31(32-27)26-23-18-12-10-16-21(23)25(20-14-8-7-9-15-20)22-17-11-13-19-24(22)26/h7-19H,1-6H3. The van der Waals surface area contributed by atoms with E-state index in [1.54, 1.807) is 0 Å². The fraction of sp³-hybridized carbons (Fsp3) is 0.267. The summed E-state index contributed by atoms with van der Waals surface area (Å²) in [6, 6.07) is 27.9. The van der Waals surface area contributed by atoms with E-state index in [0.29, 0.717) is 0 Å². The molecule has 0 saturated carbocycles. The lowest BCUT2D eigenvalue weighted by atomic mass is 9.71. The van der Waals surface area contributed by atoms with Crippen LogP contribution < -0.4 is 5.46 Å². The molecule has 0 N–H and O–H groups in total. The number of benzene rings is 4. The van der Waals surface area contributed by atoms with Gasteiger partial charge in [-0.05, 0) is 32.7 Å². The minimum Gasteiger partial charge on any atom is -0.522 e. The molecule has 3 heteroatoms. The minimum atomic E-state index is -0.479. The van der Waals surface area contributed by atoms with Crippen molar-refractivity contribution in [1.29, 1.82) is 0 Å². The molecule has 4 aromatic carbocycles. The van der Waals surface area contributed by atoms with Crippen molar-refractivity contribution < 1.29 is 9.31 Å². The maximum absolute atomic E-state index is 6.67. The third-order valence-corrected chi connectivity index (χ3v) is 6.29. The van der Waals surface area contributed by atoms with Gasteiger partial charge in [0.05, 0.1) is 0 Å². The maximum Gasteiger partial charge on any atom is 0.633 e. The van der Waals surface area contributed by atoms with Crippen molar-refractivity contribution in [2.45, 2.75) is 41.5 Å². The first kappa shape index (κ1) is 21.6. The van der Waals surface area contributed by atoms with Crippen LogP contribution in [0.5, 0.6) is 0 Å². The molecule has 1 aliphatic rings. The molecule has 2 nitrogen and oxygen atoms in total. The van der Waals surface area contributed by atoms with Crippen molar-refractivity contribution in [2.24, 2.45) is 10.8 Å². The minimum absolute atomic E-state index is 0.146. The number of allylic oxidation sites excluding steroid dienone is 2. The van der Waals surface area contributed by atoms with Gasteiger partial charge in [-0.2, -0.15) is 0 Å². The Morgan fingerprint density at radius 1 is 0.515 bits per heavy atom. The molecule has 0 atom stereocenters. The van der Waals surface area contributed by atoms with E-state index in [1.165, 1.54) is 32.7 Å². The van der Waals surface area contributed by atoms with Crippen LogP contribution in [-0.4, -0.2) is 7.12 Å². The van der Waals surface area contributed by atoms with Crippen molar-refractivity contribution in [1.82, 2.24) is 0 Å². The zero-order valence-electron chi connectivity index (χ0n) is 20.4. The Labute approximate surface area is 197 Å². The van der Waals surface area contributed by atoms with Gasteiger partial charge in [0.15, 0.2) is 0 Å². The molecular formula is C30H31BO2. The second-order valence-electron chi connectivity index (χ2n) is 11.0. The van der Waals surface area contributed by atoms with E-state index in [2.05, 4.69) is 120 Å². The van der Waals surface area contributed by atoms with Crippen molar-refractivity contribution in [3.63, 3.8) is 0 Å². The van der Waals surface area contributed by atoms with Crippen LogP contribution >= 0.6 is 0 Å². The van der Waals surface area contributed by atoms with E-state index in [9.17, 15) is 0 Å². The van der Waals surface area contributed by atoms with E-state index in [0.717, 1.165) is 17.0 Å². The molecule has 0 bridgehead atoms. The fourth-order valence-corrected chi connectivity index (χ4v) is 4.83. The monoisotopic (exact) mass is 434 g/mol. The molecule has 0 unspecified atom stereocenters. The van der Waals surface area contributed by atoms with Crippen LogP contribution in [-0.2, 0) is 9.31 Å². The molecule has 0 aromatic heterocycles. The first-order chi connectivity index (χ1) is 15.7. The Balaban J connectivity index is 1.79. The Hall–Kier alpha value is -3.20. The van der Waals surface area contributed by atoms with Gasteiger partial charge in [0.25, 0.3) is 0 Å². The van der Waals surface area contributed by atoms with Crippen LogP contribution in [0.25, 0.3) is 32.7 Å². The van der Waals surface area contributed by atoms with Gasteiger partial charge in [0.2, 0.25) is 0 Å². The molecule has 33 heavy (non-hydrogen) atoms. The predicted molar refractivity (Wildman–Crippen MR) is 140 cm³/mol. The Morgan fingerprint density at radius 2 is 0.909 bits per heavy atom. The third-order valence-electron chi connectivity index (χ3n) is 6.29. The smallest absolute Gasteiger partial charge is 0.522 e. The summed E-state index contributed by atoms with van der Waals surface area (Å²) in [6.07, 6.45) is 0. The van der Waals surface area contributed by atoms with E-state index in [4.69, 9.17) is 9.31 Å². The molecule has 5 rings (SSSR count). The fourth-order valence-electron chi connectivity index (χ4n) is 4.83. The molecule has 0 aliphatic carbocycles. The lowest BCUT2D eigenvalue weighted by Gasteiger charge is -2.25. The largest absolute Gasteiger partial charge is 0.633 e. The Kier molecular flexibility index (Phi) is 5.04. The lowest BCUT2D eigenvalue weighted by molar-refractivity contribution is 0.289. The molecular weight excluding hydrogens is 403 g/mol. The number of hydrogen-bond acceptors (Lipinski definition) is 2. The van der Waals surface area contributed by atoms with Crippen LogP contribution in [0.1, 0.15) is 41.5 Å². The molecule has 0 amide bonds. The predicted octanol–water partition coefficient (Wildman–Crippen LogP) is 7.71. The number of rotatable bonds is 2. The summed E-state index contributed by atoms with van der Waals surface area (Å²) >= 11 is 0. The van der Waals surface area contributed by atoms with Gasteiger partial charge < -0.3 is 9.31 Å². The van der Waals surface area contributed by atoms with Gasteiger partial charge >= 0.3 is 7.12 Å². The summed E-state index contributed by atoms with van der Waals surface area (Å²) in [5.41, 5.74) is 3.28. The summed E-state index contributed by atoms with van der Waals surface area (Å²) < 4.78 is 13.3. The van der Waals surface area contributed by atoms with Crippen molar-refractivity contribution in [2.75, 3.05) is 0 Å². The molecule has 4 aromatic rings. The van der Waals surface area contributed by atoms with Gasteiger partial charge in [0.1, 0.15) is 11.5 Å². The first-order valence-corrected chi connectivity index (χ1v) is 11.7. The number of fused-ring (bicyclic) bond motifs is 2. The van der Waals surface area contributed by atoms with Crippen LogP contribution in [0.3, 0.4) is 0 Å². The summed E-state index contributed by atoms with van der Waals surface area (Å²) in [5, 5.41) is 4.77. The second kappa shape index (κ2) is 7.69. The highest BCUT2D eigenvalue weighted by Crippen LogP contribution is 2.43. The van der Waals surface area contributed by atoms with Crippen molar-refractivity contribution in [3.05, 3.63) is 90.4 Å². The molecule has 0 saturated heterocycles. The van der Waals surface area contributed by atoms with E-state index < -0.39 is 7.12 Å². The van der Waals surface area contributed by atoms with Crippen LogP contribution in [0.2, 0.25) is 0 Å². The molecule has 0 fully saturated rings. The Bertz CT molecular complexity index is 1290. The highest BCUT2D eigenvalue weighted by molar-refractivity contribution is 6.69. The molecule has 0 spiro atoms. The highest BCUT2D eigenvalue weighted by atomic mass is 16.6. The van der Waals surface area contributed by atoms with E-state index in [-0.39, 0.29) is 10.8 Å². The van der Waals surface area contributed by atoms with Crippen LogP contribution in [0.4, 0.5) is 0 Å². The van der Waals surface area contributed by atoms with Gasteiger partial charge in [-0.3, -0.25) is 0 Å². The summed E-state index contributed by atoms with van der Waals surface area (Å²) in [4.78, 5) is 0. The first-order valence-electron chi connectivity index (χ1n) is 11.7. The SMILES string of the molecule is CC(C)(C)C1=C(C(C)(C)C)OB(c2c3ccccc3c(-c3ccccc3)c3ccccc23)O1. The van der Waals surface area contributed by atoms with Gasteiger partial charge in [-0.1, -0.05) is 120 Å². The zero-order chi connectivity index (χ0) is 23.4. The van der Waals surface area contributed by atoms with Crippen molar-refractivity contribution >= 4 is 34.1 Å². The van der Waals surface area contributed by atoms with E-state index >= 15 is 0 Å². The lowest BCUT2D eigenvalue weighted by Crippen LogP contribution is -2.35. The quantitative estimate of drug-likeness (QED) is 0.238. The Morgan fingerprint density at radius 3 is 1.33 bits per heavy atom. The van der Waals surface area contributed by atoms with Crippen molar-refractivity contribution in [3.8, 4) is 11.1 Å². The second-order valence-corrected chi connectivity index (χ2v) is 11.0. The summed E-state index contributed by atoms with van der Waals surface area (Å²) in [7, 11) is -0.479. The van der Waals surface area contributed by atoms with Crippen LogP contribution in [0, 0.1) is 10.8 Å². The summed E-state index contributed by atoms with van der Waals surface area (Å²) in [5.74, 6) is 1.89. The third kappa shape index (κ3) is 3.70. The average molecular weight is 434 g/mol. The van der Waals surface area contributed by atoms with Gasteiger partial charge in [0, 0.05) is 16.3 Å². The number of hydrogen-bond donors (Lipinski definition) is 0. The normalized spacial score (nSPS) is 14.7. The van der Waals surface area contributed by atoms with Gasteiger partial charge in [-0.15, -0.1) is 0 Å². The topological polar surface area (TPSA) is 18.5 Å². The molecule has 166 valence electrons. The average Bonchev–Trinajstić information content (AvgIpc) is 3.24. The maximum atomic E-state index is 6.67. The summed E-state index contributed by atoms with van der Waals surface area (Å²) in [6.45, 7) is 13.1. The highest BCUT2D eigenvalue weighted by Gasteiger charge is 2.45. The molecule has 1 heterocycles. The van der Waals surface area contributed by atoms with Crippen LogP contribution in [0.15, 0.2) is 90.4 Å². The van der Waals surface area contributed by atoms with Gasteiger partial charge in [-0.25, -0.2) is 0 Å². The zero-order valence-corrected chi connectivity index (χ0v) is 20.4. The molecule has 0 radical (unpaired) electrons.